The number of guanidine groups is 1. The van der Waals surface area contributed by atoms with Gasteiger partial charge in [0, 0.05) is 35.0 Å². The molecule has 0 saturated carbocycles. The van der Waals surface area contributed by atoms with Crippen LogP contribution < -0.4 is 5.32 Å². The monoisotopic (exact) mass is 326 g/mol. The fourth-order valence-electron chi connectivity index (χ4n) is 2.37. The van der Waals surface area contributed by atoms with E-state index in [2.05, 4.69) is 49.8 Å². The van der Waals surface area contributed by atoms with Crippen LogP contribution in [0.1, 0.15) is 36.3 Å². The maximum Gasteiger partial charge on any atom is 0.194 e. The topological polar surface area (TPSA) is 40.5 Å². The molecule has 0 unspecified atom stereocenters. The lowest BCUT2D eigenvalue weighted by molar-refractivity contribution is 0.376. The van der Waals surface area contributed by atoms with Crippen LogP contribution in [0, 0.1) is 13.8 Å². The average Bonchev–Trinajstić information content (AvgIpc) is 2.72. The number of hydrogen-bond acceptors (Lipinski definition) is 4. The highest BCUT2D eigenvalue weighted by Crippen LogP contribution is 2.29. The normalized spacial score (nSPS) is 18.9. The number of aliphatic imine (C=N–C) groups is 1. The highest BCUT2D eigenvalue weighted by Gasteiger charge is 2.28. The predicted octanol–water partition coefficient (Wildman–Crippen LogP) is 3.05. The van der Waals surface area contributed by atoms with E-state index in [1.807, 2.05) is 11.8 Å². The second-order valence-corrected chi connectivity index (χ2v) is 9.04. The lowest BCUT2D eigenvalue weighted by atomic mass is 10.2. The Kier molecular flexibility index (Phi) is 5.54. The van der Waals surface area contributed by atoms with Gasteiger partial charge >= 0.3 is 0 Å². The van der Waals surface area contributed by atoms with E-state index in [-0.39, 0.29) is 0 Å². The summed E-state index contributed by atoms with van der Waals surface area (Å²) in [5, 5.41) is 4.53. The van der Waals surface area contributed by atoms with Crippen LogP contribution in [0.15, 0.2) is 4.99 Å². The molecule has 1 aromatic heterocycles. The lowest BCUT2D eigenvalue weighted by Gasteiger charge is -2.39. The summed E-state index contributed by atoms with van der Waals surface area (Å²) in [7, 11) is 0. The number of aryl methyl sites for hydroxylation is 2. The van der Waals surface area contributed by atoms with Crippen molar-refractivity contribution >= 4 is 29.1 Å². The van der Waals surface area contributed by atoms with Gasteiger partial charge in [-0.3, -0.25) is 0 Å². The van der Waals surface area contributed by atoms with Crippen molar-refractivity contribution in [2.45, 2.75) is 45.9 Å². The quantitative estimate of drug-likeness (QED) is 0.685. The Hall–Kier alpha value is -0.750. The van der Waals surface area contributed by atoms with Crippen LogP contribution in [0.3, 0.4) is 0 Å². The van der Waals surface area contributed by atoms with E-state index in [9.17, 15) is 0 Å². The standard InChI is InChI=1S/C15H26N4S2/c1-6-16-14(19-7-8-20-15(4,5)10-19)17-9-13-18-11(2)12(3)21-13/h6-10H2,1-5H3,(H,16,17). The number of nitrogens with one attached hydrogen (secondary N) is 1. The number of thiazole rings is 1. The molecule has 1 aliphatic rings. The van der Waals surface area contributed by atoms with Crippen molar-refractivity contribution in [1.82, 2.24) is 15.2 Å². The number of hydrogen-bond donors (Lipinski definition) is 1. The third-order valence-corrected chi connectivity index (χ3v) is 5.85. The molecule has 6 heteroatoms. The molecule has 2 heterocycles. The molecule has 1 fully saturated rings. The van der Waals surface area contributed by atoms with Gasteiger partial charge in [-0.05, 0) is 34.6 Å². The molecule has 2 rings (SSSR count). The van der Waals surface area contributed by atoms with E-state index in [0.29, 0.717) is 11.3 Å². The van der Waals surface area contributed by atoms with Gasteiger partial charge in [0.1, 0.15) is 5.01 Å². The summed E-state index contributed by atoms with van der Waals surface area (Å²) in [5.74, 6) is 2.18. The van der Waals surface area contributed by atoms with Crippen LogP contribution in [-0.2, 0) is 6.54 Å². The van der Waals surface area contributed by atoms with E-state index < -0.39 is 0 Å². The molecule has 21 heavy (non-hydrogen) atoms. The second-order valence-electron chi connectivity index (χ2n) is 5.95. The van der Waals surface area contributed by atoms with Crippen molar-refractivity contribution in [3.8, 4) is 0 Å². The zero-order chi connectivity index (χ0) is 15.5. The molecule has 0 aromatic carbocycles. The zero-order valence-corrected chi connectivity index (χ0v) is 15.3. The minimum Gasteiger partial charge on any atom is -0.357 e. The molecule has 1 aromatic rings. The first-order valence-corrected chi connectivity index (χ1v) is 9.31. The Bertz CT molecular complexity index is 488. The second kappa shape index (κ2) is 7.01. The van der Waals surface area contributed by atoms with Gasteiger partial charge in [0.2, 0.25) is 0 Å². The summed E-state index contributed by atoms with van der Waals surface area (Å²) in [6.07, 6.45) is 0. The number of nitrogens with zero attached hydrogens (tertiary/aromatic N) is 3. The van der Waals surface area contributed by atoms with Crippen LogP contribution >= 0.6 is 23.1 Å². The molecule has 0 amide bonds. The van der Waals surface area contributed by atoms with Gasteiger partial charge in [0.25, 0.3) is 0 Å². The van der Waals surface area contributed by atoms with Crippen molar-refractivity contribution in [3.63, 3.8) is 0 Å². The molecule has 1 saturated heterocycles. The first kappa shape index (κ1) is 16.6. The van der Waals surface area contributed by atoms with E-state index in [4.69, 9.17) is 4.99 Å². The number of rotatable bonds is 3. The summed E-state index contributed by atoms with van der Waals surface area (Å²) >= 11 is 3.80. The predicted molar refractivity (Wildman–Crippen MR) is 94.5 cm³/mol. The van der Waals surface area contributed by atoms with Crippen molar-refractivity contribution in [1.29, 1.82) is 0 Å². The van der Waals surface area contributed by atoms with E-state index in [0.717, 1.165) is 42.0 Å². The third-order valence-electron chi connectivity index (χ3n) is 3.50. The average molecular weight is 327 g/mol. The highest BCUT2D eigenvalue weighted by molar-refractivity contribution is 8.00. The Morgan fingerprint density at radius 1 is 1.43 bits per heavy atom. The molecule has 0 bridgehead atoms. The Morgan fingerprint density at radius 2 is 2.19 bits per heavy atom. The van der Waals surface area contributed by atoms with Gasteiger partial charge < -0.3 is 10.2 Å². The van der Waals surface area contributed by atoms with Crippen LogP contribution in [0.2, 0.25) is 0 Å². The Balaban J connectivity index is 2.08. The molecule has 0 spiro atoms. The van der Waals surface area contributed by atoms with E-state index >= 15 is 0 Å². The smallest absolute Gasteiger partial charge is 0.194 e. The molecule has 4 nitrogen and oxygen atoms in total. The van der Waals surface area contributed by atoms with Crippen LogP contribution in [0.5, 0.6) is 0 Å². The lowest BCUT2D eigenvalue weighted by Crippen LogP contribution is -2.50. The zero-order valence-electron chi connectivity index (χ0n) is 13.7. The molecule has 118 valence electrons. The molecule has 0 radical (unpaired) electrons. The first-order valence-electron chi connectivity index (χ1n) is 7.51. The summed E-state index contributed by atoms with van der Waals surface area (Å²) in [4.78, 5) is 13.0. The van der Waals surface area contributed by atoms with Gasteiger partial charge in [-0.25, -0.2) is 9.98 Å². The Morgan fingerprint density at radius 3 is 2.76 bits per heavy atom. The minimum absolute atomic E-state index is 0.294. The third kappa shape index (κ3) is 4.61. The Labute approximate surface area is 136 Å². The largest absolute Gasteiger partial charge is 0.357 e. The first-order chi connectivity index (χ1) is 9.91. The molecule has 1 aliphatic heterocycles. The number of aromatic nitrogens is 1. The van der Waals surface area contributed by atoms with Crippen molar-refractivity contribution in [2.24, 2.45) is 4.99 Å². The van der Waals surface area contributed by atoms with Crippen molar-refractivity contribution in [3.05, 3.63) is 15.6 Å². The fourth-order valence-corrected chi connectivity index (χ4v) is 4.34. The highest BCUT2D eigenvalue weighted by atomic mass is 32.2. The summed E-state index contributed by atoms with van der Waals surface area (Å²) in [6.45, 7) is 14.6. The van der Waals surface area contributed by atoms with Gasteiger partial charge in [0.15, 0.2) is 5.96 Å². The maximum atomic E-state index is 4.80. The fraction of sp³-hybridized carbons (Fsp3) is 0.733. The van der Waals surface area contributed by atoms with Crippen LogP contribution in [0.4, 0.5) is 0 Å². The summed E-state index contributed by atoms with van der Waals surface area (Å²) < 4.78 is 0.294. The minimum atomic E-state index is 0.294. The summed E-state index contributed by atoms with van der Waals surface area (Å²) in [5.41, 5.74) is 1.13. The van der Waals surface area contributed by atoms with Crippen LogP contribution in [-0.4, -0.2) is 46.0 Å². The number of thioether (sulfide) groups is 1. The van der Waals surface area contributed by atoms with Gasteiger partial charge in [0.05, 0.1) is 12.2 Å². The van der Waals surface area contributed by atoms with Crippen molar-refractivity contribution in [2.75, 3.05) is 25.4 Å². The van der Waals surface area contributed by atoms with E-state index in [1.54, 1.807) is 11.3 Å². The SMILES string of the molecule is CCNC(=NCc1nc(C)c(C)s1)N1CCSC(C)(C)C1. The maximum absolute atomic E-state index is 4.80. The van der Waals surface area contributed by atoms with Gasteiger partial charge in [-0.1, -0.05) is 0 Å². The molecule has 0 aliphatic carbocycles. The molecular formula is C15H26N4S2. The van der Waals surface area contributed by atoms with E-state index in [1.165, 1.54) is 4.88 Å². The molecule has 1 N–H and O–H groups in total. The molecule has 0 atom stereocenters. The summed E-state index contributed by atoms with van der Waals surface area (Å²) in [6, 6.07) is 0. The van der Waals surface area contributed by atoms with Gasteiger partial charge in [-0.15, -0.1) is 11.3 Å². The van der Waals surface area contributed by atoms with Crippen LogP contribution in [0.25, 0.3) is 0 Å². The van der Waals surface area contributed by atoms with Crippen molar-refractivity contribution < 1.29 is 0 Å². The molecular weight excluding hydrogens is 300 g/mol. The van der Waals surface area contributed by atoms with Gasteiger partial charge in [-0.2, -0.15) is 11.8 Å².